The molecule has 0 bridgehead atoms. The van der Waals surface area contributed by atoms with Crippen LogP contribution in [0.25, 0.3) is 16.8 Å². The molecule has 0 atom stereocenters. The van der Waals surface area contributed by atoms with Crippen molar-refractivity contribution in [1.82, 2.24) is 14.6 Å². The number of hydrogen-bond donors (Lipinski definition) is 2. The lowest BCUT2D eigenvalue weighted by atomic mass is 10.1. The zero-order valence-corrected chi connectivity index (χ0v) is 9.82. The second-order valence-corrected chi connectivity index (χ2v) is 4.11. The van der Waals surface area contributed by atoms with Gasteiger partial charge >= 0.3 is 5.97 Å². The maximum Gasteiger partial charge on any atom is 0.356 e. The number of aromatic nitrogens is 3. The first-order valence-corrected chi connectivity index (χ1v) is 5.58. The molecule has 2 aromatic heterocycles. The van der Waals surface area contributed by atoms with Gasteiger partial charge in [0.15, 0.2) is 11.3 Å². The maximum atomic E-state index is 10.8. The van der Waals surface area contributed by atoms with Crippen molar-refractivity contribution >= 4 is 17.3 Å². The van der Waals surface area contributed by atoms with Gasteiger partial charge in [-0.2, -0.15) is 5.10 Å². The summed E-state index contributed by atoms with van der Waals surface area (Å²) < 4.78 is 1.45. The molecule has 0 radical (unpaired) electrons. The molecule has 0 aliphatic heterocycles. The first kappa shape index (κ1) is 11.2. The highest BCUT2D eigenvalue weighted by atomic mass is 16.4. The summed E-state index contributed by atoms with van der Waals surface area (Å²) in [7, 11) is 0. The van der Waals surface area contributed by atoms with Crippen molar-refractivity contribution in [2.24, 2.45) is 0 Å². The molecule has 19 heavy (non-hydrogen) atoms. The van der Waals surface area contributed by atoms with Crippen molar-refractivity contribution in [3.63, 3.8) is 0 Å². The summed E-state index contributed by atoms with van der Waals surface area (Å²) in [6.07, 6.45) is 3.39. The van der Waals surface area contributed by atoms with Gasteiger partial charge in [0, 0.05) is 29.7 Å². The number of fused-ring (bicyclic) bond motifs is 1. The second-order valence-electron chi connectivity index (χ2n) is 4.11. The molecule has 3 rings (SSSR count). The third kappa shape index (κ3) is 1.99. The Bertz CT molecular complexity index is 779. The largest absolute Gasteiger partial charge is 0.476 e. The number of benzene rings is 1. The van der Waals surface area contributed by atoms with Crippen LogP contribution in [0.3, 0.4) is 0 Å². The summed E-state index contributed by atoms with van der Waals surface area (Å²) in [6, 6.07) is 8.79. The van der Waals surface area contributed by atoms with Gasteiger partial charge in [-0.3, -0.25) is 0 Å². The van der Waals surface area contributed by atoms with E-state index in [0.717, 1.165) is 11.1 Å². The van der Waals surface area contributed by atoms with Gasteiger partial charge in [0.25, 0.3) is 0 Å². The number of carboxylic acids is 1. The van der Waals surface area contributed by atoms with Gasteiger partial charge in [0.05, 0.1) is 0 Å². The van der Waals surface area contributed by atoms with E-state index in [1.807, 2.05) is 18.2 Å². The molecule has 3 aromatic rings. The third-order valence-electron chi connectivity index (χ3n) is 2.75. The van der Waals surface area contributed by atoms with Gasteiger partial charge in [-0.15, -0.1) is 0 Å². The molecule has 1 aromatic carbocycles. The van der Waals surface area contributed by atoms with Crippen molar-refractivity contribution in [2.75, 3.05) is 5.73 Å². The smallest absolute Gasteiger partial charge is 0.356 e. The van der Waals surface area contributed by atoms with E-state index < -0.39 is 5.97 Å². The minimum absolute atomic E-state index is 0.0303. The quantitative estimate of drug-likeness (QED) is 0.678. The first-order chi connectivity index (χ1) is 9.13. The number of rotatable bonds is 2. The molecular formula is C13H10N4O2. The van der Waals surface area contributed by atoms with Crippen LogP contribution < -0.4 is 5.73 Å². The fraction of sp³-hybridized carbons (Fsp3) is 0. The van der Waals surface area contributed by atoms with Crippen molar-refractivity contribution in [3.05, 3.63) is 48.4 Å². The number of nitrogens with two attached hydrogens (primary N) is 1. The lowest BCUT2D eigenvalue weighted by Gasteiger charge is -2.02. The Morgan fingerprint density at radius 1 is 1.26 bits per heavy atom. The topological polar surface area (TPSA) is 93.5 Å². The maximum absolute atomic E-state index is 10.8. The van der Waals surface area contributed by atoms with Crippen molar-refractivity contribution in [2.45, 2.75) is 0 Å². The van der Waals surface area contributed by atoms with E-state index in [1.165, 1.54) is 10.6 Å². The summed E-state index contributed by atoms with van der Waals surface area (Å²) in [5.74, 6) is -1.07. The zero-order chi connectivity index (χ0) is 13.4. The number of carbonyl (C=O) groups is 1. The van der Waals surface area contributed by atoms with Crippen LogP contribution in [0.15, 0.2) is 42.7 Å². The Morgan fingerprint density at radius 3 is 2.84 bits per heavy atom. The number of anilines is 1. The van der Waals surface area contributed by atoms with E-state index in [2.05, 4.69) is 10.1 Å². The molecule has 6 nitrogen and oxygen atoms in total. The van der Waals surface area contributed by atoms with Crippen molar-refractivity contribution < 1.29 is 9.90 Å². The van der Waals surface area contributed by atoms with Gasteiger partial charge in [-0.05, 0) is 17.7 Å². The van der Waals surface area contributed by atoms with Crippen LogP contribution in [0.1, 0.15) is 10.5 Å². The van der Waals surface area contributed by atoms with Gasteiger partial charge in [-0.25, -0.2) is 14.3 Å². The predicted molar refractivity (Wildman–Crippen MR) is 69.8 cm³/mol. The molecule has 0 unspecified atom stereocenters. The SMILES string of the molecule is Nc1cccc(-c2cnc3cc(C(=O)O)nn3c2)c1. The normalized spacial score (nSPS) is 10.7. The van der Waals surface area contributed by atoms with Gasteiger partial charge in [-0.1, -0.05) is 12.1 Å². The lowest BCUT2D eigenvalue weighted by molar-refractivity contribution is 0.0690. The molecule has 0 saturated carbocycles. The second kappa shape index (κ2) is 4.09. The molecule has 0 amide bonds. The van der Waals surface area contributed by atoms with E-state index in [0.29, 0.717) is 11.3 Å². The third-order valence-corrected chi connectivity index (χ3v) is 2.75. The standard InChI is InChI=1S/C13H10N4O2/c14-10-3-1-2-8(4-10)9-6-15-12-5-11(13(18)19)16-17(12)7-9/h1-7H,14H2,(H,18,19). The summed E-state index contributed by atoms with van der Waals surface area (Å²) in [6.45, 7) is 0. The molecule has 0 aliphatic carbocycles. The van der Waals surface area contributed by atoms with Crippen molar-refractivity contribution in [3.8, 4) is 11.1 Å². The Labute approximate surface area is 108 Å². The Kier molecular flexibility index (Phi) is 2.42. The lowest BCUT2D eigenvalue weighted by Crippen LogP contribution is -1.97. The van der Waals surface area contributed by atoms with Crippen molar-refractivity contribution in [1.29, 1.82) is 0 Å². The molecule has 94 valence electrons. The number of carboxylic acid groups (broad SMARTS) is 1. The number of aromatic carboxylic acids is 1. The van der Waals surface area contributed by atoms with Gasteiger partial charge in [0.1, 0.15) is 0 Å². The monoisotopic (exact) mass is 254 g/mol. The van der Waals surface area contributed by atoms with E-state index in [1.54, 1.807) is 18.5 Å². The van der Waals surface area contributed by atoms with Crippen LogP contribution in [0.5, 0.6) is 0 Å². The number of nitrogen functional groups attached to an aromatic ring is 1. The van der Waals surface area contributed by atoms with Crippen LogP contribution in [0.4, 0.5) is 5.69 Å². The van der Waals surface area contributed by atoms with Gasteiger partial charge in [0.2, 0.25) is 0 Å². The fourth-order valence-corrected chi connectivity index (χ4v) is 1.85. The van der Waals surface area contributed by atoms with Gasteiger partial charge < -0.3 is 10.8 Å². The highest BCUT2D eigenvalue weighted by molar-refractivity contribution is 5.86. The Balaban J connectivity index is 2.13. The predicted octanol–water partition coefficient (Wildman–Crippen LogP) is 1.68. The summed E-state index contributed by atoms with van der Waals surface area (Å²) in [5.41, 5.74) is 8.57. The Morgan fingerprint density at radius 2 is 2.11 bits per heavy atom. The highest BCUT2D eigenvalue weighted by Gasteiger charge is 2.10. The fourth-order valence-electron chi connectivity index (χ4n) is 1.85. The average Bonchev–Trinajstić information content (AvgIpc) is 2.81. The minimum atomic E-state index is -1.07. The molecule has 0 aliphatic rings. The molecular weight excluding hydrogens is 244 g/mol. The van der Waals surface area contributed by atoms with E-state index >= 15 is 0 Å². The number of nitrogens with zero attached hydrogens (tertiary/aromatic N) is 3. The Hall–Kier alpha value is -2.89. The molecule has 3 N–H and O–H groups in total. The van der Waals surface area contributed by atoms with Crippen LogP contribution in [0, 0.1) is 0 Å². The first-order valence-electron chi connectivity index (χ1n) is 5.58. The molecule has 0 spiro atoms. The molecule has 0 fully saturated rings. The van der Waals surface area contributed by atoms with Crippen LogP contribution in [0.2, 0.25) is 0 Å². The minimum Gasteiger partial charge on any atom is -0.476 e. The van der Waals surface area contributed by atoms with E-state index in [4.69, 9.17) is 10.8 Å². The zero-order valence-electron chi connectivity index (χ0n) is 9.82. The highest BCUT2D eigenvalue weighted by Crippen LogP contribution is 2.21. The summed E-state index contributed by atoms with van der Waals surface area (Å²) in [5, 5.41) is 12.8. The average molecular weight is 254 g/mol. The molecule has 2 heterocycles. The van der Waals surface area contributed by atoms with Crippen LogP contribution in [-0.2, 0) is 0 Å². The number of hydrogen-bond acceptors (Lipinski definition) is 4. The molecule has 0 saturated heterocycles. The molecule has 6 heteroatoms. The summed E-state index contributed by atoms with van der Waals surface area (Å²) in [4.78, 5) is 15.0. The van der Waals surface area contributed by atoms with Crippen LogP contribution in [-0.4, -0.2) is 25.7 Å². The van der Waals surface area contributed by atoms with E-state index in [9.17, 15) is 4.79 Å². The van der Waals surface area contributed by atoms with Crippen LogP contribution >= 0.6 is 0 Å². The summed E-state index contributed by atoms with van der Waals surface area (Å²) >= 11 is 0. The van der Waals surface area contributed by atoms with E-state index in [-0.39, 0.29) is 5.69 Å².